The van der Waals surface area contributed by atoms with E-state index in [4.69, 9.17) is 0 Å². The Morgan fingerprint density at radius 3 is 2.24 bits per heavy atom. The van der Waals surface area contributed by atoms with E-state index in [2.05, 4.69) is 6.92 Å². The van der Waals surface area contributed by atoms with Gasteiger partial charge in [0.1, 0.15) is 5.83 Å². The van der Waals surface area contributed by atoms with Crippen molar-refractivity contribution in [3.63, 3.8) is 0 Å². The first kappa shape index (κ1) is 21.2. The van der Waals surface area contributed by atoms with Gasteiger partial charge in [-0.2, -0.15) is 0 Å². The van der Waals surface area contributed by atoms with Gasteiger partial charge in [-0.05, 0) is 67.2 Å². The highest BCUT2D eigenvalue weighted by Crippen LogP contribution is 2.39. The lowest BCUT2D eigenvalue weighted by Crippen LogP contribution is -2.13. The SMILES string of the molecule is CCCC1CCC(c2ccc(C(=O)O)c(-c3ccc(/C(F)=C(/C)F)cc3)c2)CC1. The molecule has 2 nitrogen and oxygen atoms in total. The van der Waals surface area contributed by atoms with Gasteiger partial charge in [0, 0.05) is 5.56 Å². The Morgan fingerprint density at radius 2 is 1.69 bits per heavy atom. The van der Waals surface area contributed by atoms with Crippen LogP contribution in [0.1, 0.15) is 79.8 Å². The van der Waals surface area contributed by atoms with Crippen molar-refractivity contribution < 1.29 is 18.7 Å². The second-order valence-electron chi connectivity index (χ2n) is 8.04. The highest BCUT2D eigenvalue weighted by atomic mass is 19.2. The van der Waals surface area contributed by atoms with Gasteiger partial charge in [-0.25, -0.2) is 13.6 Å². The highest BCUT2D eigenvalue weighted by Gasteiger charge is 2.23. The molecule has 0 saturated heterocycles. The Kier molecular flexibility index (Phi) is 6.83. The molecule has 0 unspecified atom stereocenters. The molecule has 0 amide bonds. The average Bonchev–Trinajstić information content (AvgIpc) is 2.73. The van der Waals surface area contributed by atoms with E-state index in [0.29, 0.717) is 17.0 Å². The van der Waals surface area contributed by atoms with E-state index < -0.39 is 17.6 Å². The maximum atomic E-state index is 13.8. The van der Waals surface area contributed by atoms with Gasteiger partial charge in [0.15, 0.2) is 5.83 Å². The van der Waals surface area contributed by atoms with Crippen LogP contribution < -0.4 is 0 Å². The smallest absolute Gasteiger partial charge is 0.336 e. The number of allylic oxidation sites excluding steroid dienone is 1. The summed E-state index contributed by atoms with van der Waals surface area (Å²) in [5, 5.41) is 9.62. The summed E-state index contributed by atoms with van der Waals surface area (Å²) in [7, 11) is 0. The number of hydrogen-bond acceptors (Lipinski definition) is 1. The Bertz CT molecular complexity index is 888. The van der Waals surface area contributed by atoms with Gasteiger partial charge in [-0.15, -0.1) is 0 Å². The first-order chi connectivity index (χ1) is 13.9. The topological polar surface area (TPSA) is 37.3 Å². The molecule has 0 atom stereocenters. The number of benzene rings is 2. The van der Waals surface area contributed by atoms with Crippen molar-refractivity contribution in [2.24, 2.45) is 5.92 Å². The van der Waals surface area contributed by atoms with E-state index in [1.807, 2.05) is 12.1 Å². The van der Waals surface area contributed by atoms with Crippen LogP contribution in [0.5, 0.6) is 0 Å². The summed E-state index contributed by atoms with van der Waals surface area (Å²) in [4.78, 5) is 11.7. The Morgan fingerprint density at radius 1 is 1.03 bits per heavy atom. The quantitative estimate of drug-likeness (QED) is 0.540. The lowest BCUT2D eigenvalue weighted by Gasteiger charge is -2.29. The number of carboxylic acids is 1. The zero-order valence-electron chi connectivity index (χ0n) is 17.1. The second kappa shape index (κ2) is 9.34. The average molecular weight is 398 g/mol. The fourth-order valence-electron chi connectivity index (χ4n) is 4.43. The van der Waals surface area contributed by atoms with Gasteiger partial charge in [-0.1, -0.05) is 56.2 Å². The first-order valence-electron chi connectivity index (χ1n) is 10.4. The summed E-state index contributed by atoms with van der Waals surface area (Å²) in [6.07, 6.45) is 7.20. The van der Waals surface area contributed by atoms with Gasteiger partial charge in [0.05, 0.1) is 5.56 Å². The molecular formula is C25H28F2O2. The van der Waals surface area contributed by atoms with Crippen LogP contribution in [-0.4, -0.2) is 11.1 Å². The van der Waals surface area contributed by atoms with E-state index >= 15 is 0 Å². The molecule has 0 bridgehead atoms. The molecule has 4 heteroatoms. The van der Waals surface area contributed by atoms with Crippen LogP contribution in [0.25, 0.3) is 17.0 Å². The van der Waals surface area contributed by atoms with E-state index in [0.717, 1.165) is 31.2 Å². The zero-order chi connectivity index (χ0) is 21.0. The number of carboxylic acid groups (broad SMARTS) is 1. The molecule has 1 fully saturated rings. The Hall–Kier alpha value is -2.49. The second-order valence-corrected chi connectivity index (χ2v) is 8.04. The lowest BCUT2D eigenvalue weighted by atomic mass is 9.76. The molecule has 0 spiro atoms. The molecule has 2 aromatic carbocycles. The zero-order valence-corrected chi connectivity index (χ0v) is 17.1. The standard InChI is InChI=1S/C25H28F2O2/c1-3-4-17-5-7-18(8-6-17)21-13-14-22(25(28)29)23(15-21)19-9-11-20(12-10-19)24(27)16(2)26/h9-15,17-18H,3-8H2,1-2H3,(H,28,29)/b24-16+. The van der Waals surface area contributed by atoms with Gasteiger partial charge < -0.3 is 5.11 Å². The van der Waals surface area contributed by atoms with Crippen molar-refractivity contribution in [1.29, 1.82) is 0 Å². The predicted octanol–water partition coefficient (Wildman–Crippen LogP) is 7.75. The molecular weight excluding hydrogens is 370 g/mol. The Labute approximate surface area is 171 Å². The number of hydrogen-bond donors (Lipinski definition) is 1. The van der Waals surface area contributed by atoms with Crippen LogP contribution in [0, 0.1) is 5.92 Å². The van der Waals surface area contributed by atoms with Crippen LogP contribution in [0.2, 0.25) is 0 Å². The summed E-state index contributed by atoms with van der Waals surface area (Å²) in [6, 6.07) is 11.9. The van der Waals surface area contributed by atoms with E-state index in [1.165, 1.54) is 37.8 Å². The molecule has 154 valence electrons. The third-order valence-electron chi connectivity index (χ3n) is 6.04. The normalized spacial score (nSPS) is 20.3. The van der Waals surface area contributed by atoms with Crippen LogP contribution in [0.15, 0.2) is 48.3 Å². The van der Waals surface area contributed by atoms with Gasteiger partial charge in [0.25, 0.3) is 0 Å². The third kappa shape index (κ3) is 4.92. The lowest BCUT2D eigenvalue weighted by molar-refractivity contribution is 0.0697. The molecule has 1 aliphatic carbocycles. The third-order valence-corrected chi connectivity index (χ3v) is 6.04. The molecule has 0 heterocycles. The molecule has 3 rings (SSSR count). The minimum atomic E-state index is -0.993. The summed E-state index contributed by atoms with van der Waals surface area (Å²) >= 11 is 0. The summed E-state index contributed by atoms with van der Waals surface area (Å²) < 4.78 is 26.9. The predicted molar refractivity (Wildman–Crippen MR) is 113 cm³/mol. The van der Waals surface area contributed by atoms with Crippen molar-refractivity contribution in [1.82, 2.24) is 0 Å². The minimum absolute atomic E-state index is 0.149. The molecule has 1 saturated carbocycles. The fraction of sp³-hybridized carbons (Fsp3) is 0.400. The maximum absolute atomic E-state index is 13.8. The largest absolute Gasteiger partial charge is 0.478 e. The van der Waals surface area contributed by atoms with Gasteiger partial charge >= 0.3 is 5.97 Å². The first-order valence-corrected chi connectivity index (χ1v) is 10.4. The molecule has 29 heavy (non-hydrogen) atoms. The minimum Gasteiger partial charge on any atom is -0.478 e. The summed E-state index contributed by atoms with van der Waals surface area (Å²) in [5.74, 6) is -1.51. The Balaban J connectivity index is 1.90. The van der Waals surface area contributed by atoms with Crippen LogP contribution in [-0.2, 0) is 0 Å². The molecule has 0 aromatic heterocycles. The van der Waals surface area contributed by atoms with E-state index in [1.54, 1.807) is 18.2 Å². The number of rotatable bonds is 6. The molecule has 1 N–H and O–H groups in total. The van der Waals surface area contributed by atoms with E-state index in [9.17, 15) is 18.7 Å². The maximum Gasteiger partial charge on any atom is 0.336 e. The highest BCUT2D eigenvalue weighted by molar-refractivity contribution is 5.96. The van der Waals surface area contributed by atoms with Crippen LogP contribution in [0.3, 0.4) is 0 Å². The number of halogens is 2. The van der Waals surface area contributed by atoms with E-state index in [-0.39, 0.29) is 11.1 Å². The summed E-state index contributed by atoms with van der Waals surface area (Å²) in [5.41, 5.74) is 2.85. The van der Waals surface area contributed by atoms with Crippen LogP contribution >= 0.6 is 0 Å². The monoisotopic (exact) mass is 398 g/mol. The van der Waals surface area contributed by atoms with Crippen molar-refractivity contribution in [2.45, 2.75) is 58.3 Å². The molecule has 2 aromatic rings. The van der Waals surface area contributed by atoms with Gasteiger partial charge in [-0.3, -0.25) is 0 Å². The molecule has 0 radical (unpaired) electrons. The van der Waals surface area contributed by atoms with Crippen molar-refractivity contribution >= 4 is 11.8 Å². The van der Waals surface area contributed by atoms with Crippen molar-refractivity contribution in [3.05, 3.63) is 65.0 Å². The summed E-state index contributed by atoms with van der Waals surface area (Å²) in [6.45, 7) is 3.30. The molecule has 0 aliphatic heterocycles. The number of carbonyl (C=O) groups is 1. The van der Waals surface area contributed by atoms with Crippen molar-refractivity contribution in [2.75, 3.05) is 0 Å². The van der Waals surface area contributed by atoms with Crippen LogP contribution in [0.4, 0.5) is 8.78 Å². The van der Waals surface area contributed by atoms with Gasteiger partial charge in [0.2, 0.25) is 0 Å². The number of aromatic carboxylic acids is 1. The fourth-order valence-corrected chi connectivity index (χ4v) is 4.43. The van der Waals surface area contributed by atoms with Crippen molar-refractivity contribution in [3.8, 4) is 11.1 Å². The molecule has 1 aliphatic rings.